The summed E-state index contributed by atoms with van der Waals surface area (Å²) in [4.78, 5) is 11.5. The Hall–Kier alpha value is -1.03. The number of hydrogen-bond donors (Lipinski definition) is 2. The molecule has 0 aromatic heterocycles. The summed E-state index contributed by atoms with van der Waals surface area (Å²) in [5, 5.41) is 3.19. The van der Waals surface area contributed by atoms with Crippen LogP contribution in [0.5, 0.6) is 0 Å². The molecule has 3 N–H and O–H groups in total. The fourth-order valence-electron chi connectivity index (χ4n) is 1.32. The number of benzene rings is 1. The summed E-state index contributed by atoms with van der Waals surface area (Å²) in [5.74, 6) is -0.223. The first-order chi connectivity index (χ1) is 7.36. The first kappa shape index (κ1) is 13.0. The lowest BCUT2D eigenvalue weighted by Crippen LogP contribution is -2.51. The first-order valence-corrected chi connectivity index (χ1v) is 5.99. The highest BCUT2D eigenvalue weighted by Gasteiger charge is 2.34. The molecule has 1 atom stereocenters. The van der Waals surface area contributed by atoms with Gasteiger partial charge in [-0.3, -0.25) is 4.79 Å². The molecule has 0 aliphatic carbocycles. The van der Waals surface area contributed by atoms with Crippen LogP contribution in [0.15, 0.2) is 28.7 Å². The van der Waals surface area contributed by atoms with E-state index in [0.717, 1.165) is 10.2 Å². The van der Waals surface area contributed by atoms with Gasteiger partial charge < -0.3 is 11.1 Å². The van der Waals surface area contributed by atoms with Gasteiger partial charge in [0.1, 0.15) is 5.54 Å². The zero-order valence-electron chi connectivity index (χ0n) is 9.75. The van der Waals surface area contributed by atoms with Gasteiger partial charge in [0, 0.05) is 10.2 Å². The van der Waals surface area contributed by atoms with Crippen LogP contribution < -0.4 is 11.1 Å². The molecule has 88 valence electrons. The molecule has 0 bridgehead atoms. The molecule has 0 fully saturated rings. The van der Waals surface area contributed by atoms with Crippen molar-refractivity contribution >= 4 is 27.5 Å². The second-order valence-corrected chi connectivity index (χ2v) is 5.27. The van der Waals surface area contributed by atoms with E-state index >= 15 is 0 Å². The smallest absolute Gasteiger partial charge is 0.243 e. The molecule has 3 nitrogen and oxygen atoms in total. The molecular formula is C12H17BrN2O. The largest absolute Gasteiger partial charge is 0.371 e. The van der Waals surface area contributed by atoms with Gasteiger partial charge in [-0.2, -0.15) is 0 Å². The second-order valence-electron chi connectivity index (χ2n) is 4.35. The minimum Gasteiger partial charge on any atom is -0.371 e. The summed E-state index contributed by atoms with van der Waals surface area (Å²) in [6.45, 7) is 5.76. The number of anilines is 1. The van der Waals surface area contributed by atoms with Crippen molar-refractivity contribution in [3.05, 3.63) is 28.7 Å². The maximum absolute atomic E-state index is 11.5. The fourth-order valence-corrected chi connectivity index (χ4v) is 1.59. The molecule has 4 heteroatoms. The molecule has 1 aromatic carbocycles. The van der Waals surface area contributed by atoms with Crippen molar-refractivity contribution < 1.29 is 4.79 Å². The van der Waals surface area contributed by atoms with Crippen LogP contribution in [0.2, 0.25) is 0 Å². The third-order valence-corrected chi connectivity index (χ3v) is 3.44. The first-order valence-electron chi connectivity index (χ1n) is 5.20. The predicted octanol–water partition coefficient (Wildman–Crippen LogP) is 2.76. The van der Waals surface area contributed by atoms with E-state index in [9.17, 15) is 4.79 Å². The molecular weight excluding hydrogens is 268 g/mol. The van der Waals surface area contributed by atoms with Gasteiger partial charge in [-0.15, -0.1) is 0 Å². The number of halogens is 1. The highest BCUT2D eigenvalue weighted by atomic mass is 79.9. The van der Waals surface area contributed by atoms with Crippen LogP contribution >= 0.6 is 15.9 Å². The highest BCUT2D eigenvalue weighted by molar-refractivity contribution is 9.10. The number of hydrogen-bond acceptors (Lipinski definition) is 2. The summed E-state index contributed by atoms with van der Waals surface area (Å²) in [6.07, 6.45) is 0. The molecule has 0 saturated carbocycles. The molecule has 0 aliphatic rings. The van der Waals surface area contributed by atoms with Crippen LogP contribution in [0, 0.1) is 5.92 Å². The lowest BCUT2D eigenvalue weighted by Gasteiger charge is -2.32. The van der Waals surface area contributed by atoms with Crippen LogP contribution in [0.4, 0.5) is 5.69 Å². The number of amides is 1. The third kappa shape index (κ3) is 2.76. The van der Waals surface area contributed by atoms with Crippen LogP contribution in [0.1, 0.15) is 20.8 Å². The van der Waals surface area contributed by atoms with E-state index in [1.807, 2.05) is 45.0 Å². The topological polar surface area (TPSA) is 55.1 Å². The standard InChI is InChI=1S/C12H17BrN2O/c1-8(2)12(3,11(14)16)15-10-6-4-9(13)5-7-10/h4-8,15H,1-3H3,(H2,14,16). The number of carbonyl (C=O) groups is 1. The van der Waals surface area contributed by atoms with Crippen molar-refractivity contribution in [3.63, 3.8) is 0 Å². The quantitative estimate of drug-likeness (QED) is 0.893. The normalized spacial score (nSPS) is 14.6. The minimum absolute atomic E-state index is 0.119. The van der Waals surface area contributed by atoms with E-state index in [2.05, 4.69) is 21.2 Å². The van der Waals surface area contributed by atoms with Gasteiger partial charge in [-0.25, -0.2) is 0 Å². The summed E-state index contributed by atoms with van der Waals surface area (Å²) in [6, 6.07) is 7.66. The van der Waals surface area contributed by atoms with E-state index in [1.165, 1.54) is 0 Å². The van der Waals surface area contributed by atoms with E-state index in [1.54, 1.807) is 0 Å². The molecule has 0 radical (unpaired) electrons. The van der Waals surface area contributed by atoms with Gasteiger partial charge >= 0.3 is 0 Å². The molecule has 1 unspecified atom stereocenters. The van der Waals surface area contributed by atoms with Gasteiger partial charge in [0.05, 0.1) is 0 Å². The van der Waals surface area contributed by atoms with Crippen LogP contribution in [-0.2, 0) is 4.79 Å². The Balaban J connectivity index is 2.93. The molecule has 16 heavy (non-hydrogen) atoms. The summed E-state index contributed by atoms with van der Waals surface area (Å²) < 4.78 is 1.00. The Kier molecular flexibility index (Phi) is 3.97. The van der Waals surface area contributed by atoms with Gasteiger partial charge in [0.25, 0.3) is 0 Å². The number of nitrogens with one attached hydrogen (secondary N) is 1. The van der Waals surface area contributed by atoms with Crippen molar-refractivity contribution in [1.82, 2.24) is 0 Å². The Morgan fingerprint density at radius 2 is 1.88 bits per heavy atom. The zero-order chi connectivity index (χ0) is 12.3. The summed E-state index contributed by atoms with van der Waals surface area (Å²) in [7, 11) is 0. The van der Waals surface area contributed by atoms with Crippen molar-refractivity contribution in [2.75, 3.05) is 5.32 Å². The van der Waals surface area contributed by atoms with E-state index in [0.29, 0.717) is 0 Å². The Morgan fingerprint density at radius 1 is 1.38 bits per heavy atom. The molecule has 1 aromatic rings. The van der Waals surface area contributed by atoms with Crippen LogP contribution in [-0.4, -0.2) is 11.4 Å². The molecule has 0 saturated heterocycles. The van der Waals surface area contributed by atoms with E-state index < -0.39 is 5.54 Å². The van der Waals surface area contributed by atoms with Gasteiger partial charge in [0.15, 0.2) is 0 Å². The summed E-state index contributed by atoms with van der Waals surface area (Å²) in [5.41, 5.74) is 5.60. The number of carbonyl (C=O) groups excluding carboxylic acids is 1. The Bertz CT molecular complexity index is 375. The average molecular weight is 285 g/mol. The van der Waals surface area contributed by atoms with Crippen LogP contribution in [0.3, 0.4) is 0 Å². The van der Waals surface area contributed by atoms with Gasteiger partial charge in [-0.05, 0) is 37.1 Å². The zero-order valence-corrected chi connectivity index (χ0v) is 11.3. The maximum Gasteiger partial charge on any atom is 0.243 e. The second kappa shape index (κ2) is 4.87. The Morgan fingerprint density at radius 3 is 2.25 bits per heavy atom. The van der Waals surface area contributed by atoms with E-state index in [-0.39, 0.29) is 11.8 Å². The number of nitrogens with two attached hydrogens (primary N) is 1. The molecule has 0 heterocycles. The third-order valence-electron chi connectivity index (χ3n) is 2.91. The van der Waals surface area contributed by atoms with Gasteiger partial charge in [-0.1, -0.05) is 29.8 Å². The van der Waals surface area contributed by atoms with Crippen molar-refractivity contribution in [1.29, 1.82) is 0 Å². The lowest BCUT2D eigenvalue weighted by atomic mass is 9.87. The molecule has 1 rings (SSSR count). The Labute approximate surface area is 105 Å². The van der Waals surface area contributed by atoms with Crippen LogP contribution in [0.25, 0.3) is 0 Å². The van der Waals surface area contributed by atoms with E-state index in [4.69, 9.17) is 5.73 Å². The molecule has 0 spiro atoms. The number of primary amides is 1. The SMILES string of the molecule is CC(C)C(C)(Nc1ccc(Br)cc1)C(N)=O. The van der Waals surface area contributed by atoms with Crippen molar-refractivity contribution in [2.45, 2.75) is 26.3 Å². The summed E-state index contributed by atoms with van der Waals surface area (Å²) >= 11 is 3.36. The van der Waals surface area contributed by atoms with Crippen molar-refractivity contribution in [3.8, 4) is 0 Å². The lowest BCUT2D eigenvalue weighted by molar-refractivity contribution is -0.123. The number of rotatable bonds is 4. The fraction of sp³-hybridized carbons (Fsp3) is 0.417. The maximum atomic E-state index is 11.5. The molecule has 0 aliphatic heterocycles. The average Bonchev–Trinajstić information content (AvgIpc) is 2.20. The molecule has 1 amide bonds. The minimum atomic E-state index is -0.728. The highest BCUT2D eigenvalue weighted by Crippen LogP contribution is 2.23. The monoisotopic (exact) mass is 284 g/mol. The van der Waals surface area contributed by atoms with Gasteiger partial charge in [0.2, 0.25) is 5.91 Å². The van der Waals surface area contributed by atoms with Crippen molar-refractivity contribution in [2.24, 2.45) is 11.7 Å². The predicted molar refractivity (Wildman–Crippen MR) is 70.2 cm³/mol.